The van der Waals surface area contributed by atoms with Crippen LogP contribution >= 0.6 is 0 Å². The summed E-state index contributed by atoms with van der Waals surface area (Å²) < 4.78 is 0. The van der Waals surface area contributed by atoms with E-state index in [1.807, 2.05) is 38.1 Å². The quantitative estimate of drug-likeness (QED) is 0.852. The molecular formula is C17H20N2O3. The fourth-order valence-electron chi connectivity index (χ4n) is 3.57. The average molecular weight is 300 g/mol. The number of fused-ring (bicyclic) bond motifs is 2. The van der Waals surface area contributed by atoms with E-state index >= 15 is 0 Å². The molecule has 1 aliphatic heterocycles. The lowest BCUT2D eigenvalue weighted by Crippen LogP contribution is -2.44. The van der Waals surface area contributed by atoms with Gasteiger partial charge in [0, 0.05) is 12.5 Å². The zero-order valence-electron chi connectivity index (χ0n) is 12.9. The first-order chi connectivity index (χ1) is 10.4. The number of rotatable bonds is 3. The zero-order valence-corrected chi connectivity index (χ0v) is 12.9. The molecule has 22 heavy (non-hydrogen) atoms. The van der Waals surface area contributed by atoms with Gasteiger partial charge in [-0.3, -0.25) is 19.3 Å². The molecule has 1 unspecified atom stereocenters. The Labute approximate surface area is 129 Å². The van der Waals surface area contributed by atoms with Gasteiger partial charge in [-0.1, -0.05) is 24.3 Å². The number of imide groups is 1. The maximum atomic E-state index is 12.8. The lowest BCUT2D eigenvalue weighted by Gasteiger charge is -2.22. The molecule has 116 valence electrons. The number of aryl methyl sites for hydroxylation is 1. The van der Waals surface area contributed by atoms with E-state index in [0.29, 0.717) is 6.42 Å². The Kier molecular flexibility index (Phi) is 3.51. The van der Waals surface area contributed by atoms with E-state index in [2.05, 4.69) is 5.32 Å². The number of carbonyl (C=O) groups excluding carboxylic acids is 3. The van der Waals surface area contributed by atoms with Gasteiger partial charge in [-0.15, -0.1) is 0 Å². The Morgan fingerprint density at radius 1 is 1.32 bits per heavy atom. The van der Waals surface area contributed by atoms with Gasteiger partial charge in [0.2, 0.25) is 17.7 Å². The van der Waals surface area contributed by atoms with Gasteiger partial charge in [0.15, 0.2) is 0 Å². The summed E-state index contributed by atoms with van der Waals surface area (Å²) in [7, 11) is 0. The van der Waals surface area contributed by atoms with Gasteiger partial charge in [-0.05, 0) is 37.8 Å². The second-order valence-corrected chi connectivity index (χ2v) is 6.42. The van der Waals surface area contributed by atoms with Crippen LogP contribution in [-0.4, -0.2) is 35.2 Å². The molecule has 1 N–H and O–H groups in total. The van der Waals surface area contributed by atoms with Crippen LogP contribution in [0.2, 0.25) is 0 Å². The molecule has 1 fully saturated rings. The second kappa shape index (κ2) is 5.23. The third kappa shape index (κ3) is 2.21. The molecule has 1 aromatic carbocycles. The van der Waals surface area contributed by atoms with Crippen molar-refractivity contribution in [1.29, 1.82) is 0 Å². The highest BCUT2D eigenvalue weighted by Crippen LogP contribution is 2.46. The van der Waals surface area contributed by atoms with E-state index in [1.54, 1.807) is 0 Å². The highest BCUT2D eigenvalue weighted by atomic mass is 16.2. The monoisotopic (exact) mass is 300 g/mol. The molecule has 5 nitrogen and oxygen atoms in total. The summed E-state index contributed by atoms with van der Waals surface area (Å²) >= 11 is 0. The van der Waals surface area contributed by atoms with Gasteiger partial charge < -0.3 is 5.32 Å². The number of nitrogens with one attached hydrogen (secondary N) is 1. The smallest absolute Gasteiger partial charge is 0.240 e. The van der Waals surface area contributed by atoms with Crippen LogP contribution in [0.5, 0.6) is 0 Å². The maximum absolute atomic E-state index is 12.8. The van der Waals surface area contributed by atoms with Gasteiger partial charge in [0.25, 0.3) is 0 Å². The first-order valence-electron chi connectivity index (χ1n) is 7.66. The molecule has 2 aliphatic rings. The van der Waals surface area contributed by atoms with E-state index in [-0.39, 0.29) is 36.7 Å². The van der Waals surface area contributed by atoms with Crippen molar-refractivity contribution in [2.45, 2.75) is 44.6 Å². The standard InChI is InChI=1S/C17H20N2O3/c1-11(2)18-14(20)10-19-15(21)9-17(16(19)22)8-7-12-5-3-4-6-13(12)17/h3-6,11H,7-10H2,1-2H3,(H,18,20). The van der Waals surface area contributed by atoms with Crippen molar-refractivity contribution < 1.29 is 14.4 Å². The summed E-state index contributed by atoms with van der Waals surface area (Å²) in [6, 6.07) is 7.79. The van der Waals surface area contributed by atoms with Crippen molar-refractivity contribution in [2.24, 2.45) is 0 Å². The van der Waals surface area contributed by atoms with Crippen molar-refractivity contribution in [3.63, 3.8) is 0 Å². The first kappa shape index (κ1) is 14.8. The van der Waals surface area contributed by atoms with E-state index in [1.165, 1.54) is 0 Å². The van der Waals surface area contributed by atoms with Gasteiger partial charge >= 0.3 is 0 Å². The number of carbonyl (C=O) groups is 3. The first-order valence-corrected chi connectivity index (χ1v) is 7.66. The fourth-order valence-corrected chi connectivity index (χ4v) is 3.57. The van der Waals surface area contributed by atoms with Crippen molar-refractivity contribution in [2.75, 3.05) is 6.54 Å². The molecule has 1 saturated heterocycles. The van der Waals surface area contributed by atoms with Gasteiger partial charge in [-0.2, -0.15) is 0 Å². The van der Waals surface area contributed by atoms with Crippen LogP contribution < -0.4 is 5.32 Å². The van der Waals surface area contributed by atoms with Crippen LogP contribution in [0.15, 0.2) is 24.3 Å². The van der Waals surface area contributed by atoms with E-state index < -0.39 is 5.41 Å². The molecule has 1 atom stereocenters. The van der Waals surface area contributed by atoms with Crippen LogP contribution in [-0.2, 0) is 26.2 Å². The van der Waals surface area contributed by atoms with Crippen LogP contribution in [0, 0.1) is 0 Å². The molecule has 5 heteroatoms. The maximum Gasteiger partial charge on any atom is 0.240 e. The summed E-state index contributed by atoms with van der Waals surface area (Å²) in [6.45, 7) is 3.51. The minimum atomic E-state index is -0.744. The van der Waals surface area contributed by atoms with Gasteiger partial charge in [0.1, 0.15) is 6.54 Å². The third-order valence-corrected chi connectivity index (χ3v) is 4.51. The number of hydrogen-bond donors (Lipinski definition) is 1. The number of likely N-dealkylation sites (tertiary alicyclic amines) is 1. The highest BCUT2D eigenvalue weighted by molar-refractivity contribution is 6.11. The fraction of sp³-hybridized carbons (Fsp3) is 0.471. The summed E-state index contributed by atoms with van der Waals surface area (Å²) in [6.07, 6.45) is 1.64. The Balaban J connectivity index is 1.85. The lowest BCUT2D eigenvalue weighted by atomic mass is 9.80. The molecule has 1 heterocycles. The van der Waals surface area contributed by atoms with Crippen LogP contribution in [0.3, 0.4) is 0 Å². The van der Waals surface area contributed by atoms with Crippen molar-refractivity contribution >= 4 is 17.7 Å². The molecule has 1 aromatic rings. The van der Waals surface area contributed by atoms with E-state index in [4.69, 9.17) is 0 Å². The van der Waals surface area contributed by atoms with Crippen molar-refractivity contribution in [3.05, 3.63) is 35.4 Å². The molecule has 0 radical (unpaired) electrons. The molecule has 3 amide bonds. The highest BCUT2D eigenvalue weighted by Gasteiger charge is 2.55. The van der Waals surface area contributed by atoms with Crippen LogP contribution in [0.1, 0.15) is 37.8 Å². The largest absolute Gasteiger partial charge is 0.352 e. The van der Waals surface area contributed by atoms with E-state index in [9.17, 15) is 14.4 Å². The Hall–Kier alpha value is -2.17. The summed E-state index contributed by atoms with van der Waals surface area (Å²) in [5, 5.41) is 2.72. The Morgan fingerprint density at radius 3 is 2.77 bits per heavy atom. The van der Waals surface area contributed by atoms with Crippen molar-refractivity contribution in [3.8, 4) is 0 Å². The Bertz CT molecular complexity index is 653. The number of hydrogen-bond acceptors (Lipinski definition) is 3. The molecule has 1 aliphatic carbocycles. The topological polar surface area (TPSA) is 66.5 Å². The van der Waals surface area contributed by atoms with Crippen LogP contribution in [0.25, 0.3) is 0 Å². The third-order valence-electron chi connectivity index (χ3n) is 4.51. The predicted octanol–water partition coefficient (Wildman–Crippen LogP) is 1.15. The molecule has 0 aromatic heterocycles. The lowest BCUT2D eigenvalue weighted by molar-refractivity contribution is -0.143. The number of nitrogens with zero attached hydrogens (tertiary/aromatic N) is 1. The second-order valence-electron chi connectivity index (χ2n) is 6.42. The average Bonchev–Trinajstić information content (AvgIpc) is 2.93. The summed E-state index contributed by atoms with van der Waals surface area (Å²) in [5.74, 6) is -0.762. The number of benzene rings is 1. The van der Waals surface area contributed by atoms with Gasteiger partial charge in [0.05, 0.1) is 5.41 Å². The summed E-state index contributed by atoms with van der Waals surface area (Å²) in [5.41, 5.74) is 1.35. The Morgan fingerprint density at radius 2 is 2.05 bits per heavy atom. The minimum Gasteiger partial charge on any atom is -0.352 e. The molecule has 3 rings (SSSR count). The summed E-state index contributed by atoms with van der Waals surface area (Å²) in [4.78, 5) is 38.2. The van der Waals surface area contributed by atoms with Crippen molar-refractivity contribution in [1.82, 2.24) is 10.2 Å². The predicted molar refractivity (Wildman–Crippen MR) is 81.1 cm³/mol. The normalized spacial score (nSPS) is 23.5. The van der Waals surface area contributed by atoms with E-state index in [0.717, 1.165) is 22.4 Å². The number of amides is 3. The molecular weight excluding hydrogens is 280 g/mol. The molecule has 0 bridgehead atoms. The SMILES string of the molecule is CC(C)NC(=O)CN1C(=O)CC2(CCc3ccccc32)C1=O. The molecule has 1 spiro atoms. The van der Waals surface area contributed by atoms with Gasteiger partial charge in [-0.25, -0.2) is 0 Å². The molecule has 0 saturated carbocycles. The minimum absolute atomic E-state index is 0.0125. The zero-order chi connectivity index (χ0) is 15.9. The van der Waals surface area contributed by atoms with Crippen LogP contribution in [0.4, 0.5) is 0 Å².